The van der Waals surface area contributed by atoms with Gasteiger partial charge in [-0.15, -0.1) is 0 Å². The number of halogens is 3. The molecule has 0 saturated carbocycles. The minimum Gasteiger partial charge on any atom is -1.00 e. The van der Waals surface area contributed by atoms with Gasteiger partial charge in [-0.25, -0.2) is 4.39 Å². The van der Waals surface area contributed by atoms with Gasteiger partial charge in [0.1, 0.15) is 11.5 Å². The highest BCUT2D eigenvalue weighted by molar-refractivity contribution is 6.31. The number of H-pyrrole nitrogens is 1. The Hall–Kier alpha value is -3.35. The van der Waals surface area contributed by atoms with E-state index in [4.69, 9.17) is 11.6 Å². The number of carbonyl (C=O) groups excluding carboxylic acids is 1. The first-order valence-corrected chi connectivity index (χ1v) is 11.6. The van der Waals surface area contributed by atoms with Crippen molar-refractivity contribution in [3.8, 4) is 11.1 Å². The van der Waals surface area contributed by atoms with E-state index in [-0.39, 0.29) is 35.6 Å². The van der Waals surface area contributed by atoms with Crippen molar-refractivity contribution in [3.05, 3.63) is 94.0 Å². The number of piperidine rings is 1. The van der Waals surface area contributed by atoms with E-state index in [0.29, 0.717) is 41.4 Å². The van der Waals surface area contributed by atoms with E-state index < -0.39 is 0 Å². The third-order valence-electron chi connectivity index (χ3n) is 6.23. The zero-order chi connectivity index (χ0) is 23.7. The molecule has 0 spiro atoms. The third-order valence-corrected chi connectivity index (χ3v) is 6.47. The first-order chi connectivity index (χ1) is 16.5. The Morgan fingerprint density at radius 2 is 1.80 bits per heavy atom. The number of rotatable bonds is 4. The van der Waals surface area contributed by atoms with Crippen LogP contribution >= 0.6 is 11.6 Å². The van der Waals surface area contributed by atoms with Crippen molar-refractivity contribution in [1.82, 2.24) is 4.98 Å². The molecule has 35 heavy (non-hydrogen) atoms. The average molecular weight is 511 g/mol. The van der Waals surface area contributed by atoms with Crippen LogP contribution < -0.4 is 28.2 Å². The molecular formula is C27H23Cl2FN3O2-. The Morgan fingerprint density at radius 1 is 1.06 bits per heavy atom. The topological polar surface area (TPSA) is 65.2 Å². The molecule has 4 aromatic rings. The highest BCUT2D eigenvalue weighted by atomic mass is 35.5. The molecule has 5 rings (SSSR count). The number of nitrogens with one attached hydrogen (secondary N) is 2. The summed E-state index contributed by atoms with van der Waals surface area (Å²) < 4.78 is 13.2. The summed E-state index contributed by atoms with van der Waals surface area (Å²) in [6.45, 7) is 1.07. The van der Waals surface area contributed by atoms with Gasteiger partial charge in [-0.3, -0.25) is 9.59 Å². The van der Waals surface area contributed by atoms with Crippen LogP contribution in [0, 0.1) is 11.7 Å². The summed E-state index contributed by atoms with van der Waals surface area (Å²) in [5.41, 5.74) is 3.31. The predicted octanol–water partition coefficient (Wildman–Crippen LogP) is 2.85. The zero-order valence-corrected chi connectivity index (χ0v) is 20.2. The van der Waals surface area contributed by atoms with Crippen LogP contribution in [0.4, 0.5) is 15.8 Å². The number of amides is 1. The van der Waals surface area contributed by atoms with Crippen molar-refractivity contribution in [3.63, 3.8) is 0 Å². The van der Waals surface area contributed by atoms with Gasteiger partial charge in [0, 0.05) is 40.3 Å². The van der Waals surface area contributed by atoms with Crippen molar-refractivity contribution >= 4 is 39.8 Å². The van der Waals surface area contributed by atoms with E-state index in [2.05, 4.69) is 10.3 Å². The summed E-state index contributed by atoms with van der Waals surface area (Å²) in [4.78, 5) is 31.3. The molecule has 1 amide bonds. The fourth-order valence-electron chi connectivity index (χ4n) is 4.63. The molecule has 5 nitrogen and oxygen atoms in total. The summed E-state index contributed by atoms with van der Waals surface area (Å²) >= 11 is 6.33. The molecule has 1 aliphatic rings. The first-order valence-electron chi connectivity index (χ1n) is 11.2. The number of hydrogen-bond donors (Lipinski definition) is 2. The van der Waals surface area contributed by atoms with Gasteiger partial charge < -0.3 is 27.6 Å². The minimum absolute atomic E-state index is 0. The molecule has 1 aliphatic heterocycles. The molecule has 1 unspecified atom stereocenters. The molecule has 0 radical (unpaired) electrons. The average Bonchev–Trinajstić information content (AvgIpc) is 2.85. The van der Waals surface area contributed by atoms with Crippen molar-refractivity contribution < 1.29 is 21.6 Å². The third kappa shape index (κ3) is 5.19. The summed E-state index contributed by atoms with van der Waals surface area (Å²) in [5.74, 6) is -0.805. The number of nitrogens with zero attached hydrogens (tertiary/aromatic N) is 1. The number of fused-ring (bicyclic) bond motifs is 1. The van der Waals surface area contributed by atoms with Crippen LogP contribution in [0.5, 0.6) is 0 Å². The maximum absolute atomic E-state index is 13.3. The summed E-state index contributed by atoms with van der Waals surface area (Å²) in [5, 5.41) is 4.31. The second-order valence-electron chi connectivity index (χ2n) is 8.51. The molecule has 8 heteroatoms. The monoisotopic (exact) mass is 510 g/mol. The first kappa shape index (κ1) is 24.8. The van der Waals surface area contributed by atoms with Crippen LogP contribution in [0.2, 0.25) is 5.02 Å². The van der Waals surface area contributed by atoms with Crippen LogP contribution in [-0.2, 0) is 4.79 Å². The number of aromatic nitrogens is 1. The predicted molar refractivity (Wildman–Crippen MR) is 135 cm³/mol. The van der Waals surface area contributed by atoms with E-state index in [9.17, 15) is 14.0 Å². The van der Waals surface area contributed by atoms with Gasteiger partial charge in [-0.1, -0.05) is 41.9 Å². The van der Waals surface area contributed by atoms with E-state index in [0.717, 1.165) is 22.9 Å². The molecule has 1 saturated heterocycles. The molecule has 1 fully saturated rings. The molecule has 2 heterocycles. The highest BCUT2D eigenvalue weighted by Gasteiger charge is 2.29. The summed E-state index contributed by atoms with van der Waals surface area (Å²) in [6, 6.07) is 20.9. The zero-order valence-electron chi connectivity index (χ0n) is 18.7. The Morgan fingerprint density at radius 3 is 2.54 bits per heavy atom. The Labute approximate surface area is 213 Å². The fraction of sp³-hybridized carbons (Fsp3) is 0.185. The van der Waals surface area contributed by atoms with Gasteiger partial charge in [0.15, 0.2) is 0 Å². The normalized spacial score (nSPS) is 15.5. The largest absolute Gasteiger partial charge is 1.00 e. The molecule has 1 aromatic heterocycles. The standard InChI is InChI=1S/C27H23ClFN3O2.ClH/c28-19-8-13-23-22(15-19)24(17-5-2-1-3-6-17)25(27(34)31-23)32-14-4-7-18(16-32)26(33)30-21-11-9-20(29)10-12-21;/h1-3,5-6,8-13,15,18H,4,7,14,16H2,(H,30,33)(H,31,34);1H/p-1. The Bertz CT molecular complexity index is 1410. The molecule has 0 bridgehead atoms. The fourth-order valence-corrected chi connectivity index (χ4v) is 4.80. The maximum Gasteiger partial charge on any atom is 0.272 e. The van der Waals surface area contributed by atoms with E-state index in [1.54, 1.807) is 18.2 Å². The van der Waals surface area contributed by atoms with Crippen LogP contribution in [0.15, 0.2) is 77.6 Å². The van der Waals surface area contributed by atoms with Gasteiger partial charge in [0.05, 0.1) is 5.92 Å². The number of hydrogen-bond acceptors (Lipinski definition) is 3. The summed E-state index contributed by atoms with van der Waals surface area (Å²) in [6.07, 6.45) is 1.48. The second-order valence-corrected chi connectivity index (χ2v) is 8.95. The smallest absolute Gasteiger partial charge is 0.272 e. The molecule has 0 aliphatic carbocycles. The lowest BCUT2D eigenvalue weighted by Crippen LogP contribution is -3.00. The highest BCUT2D eigenvalue weighted by Crippen LogP contribution is 2.37. The number of carbonyl (C=O) groups is 1. The summed E-state index contributed by atoms with van der Waals surface area (Å²) in [7, 11) is 0. The van der Waals surface area contributed by atoms with Crippen LogP contribution in [0.25, 0.3) is 22.0 Å². The maximum atomic E-state index is 13.3. The quantitative estimate of drug-likeness (QED) is 0.443. The molecule has 2 N–H and O–H groups in total. The van der Waals surface area contributed by atoms with Crippen LogP contribution in [-0.4, -0.2) is 24.0 Å². The molecular weight excluding hydrogens is 488 g/mol. The lowest BCUT2D eigenvalue weighted by molar-refractivity contribution is -0.120. The lowest BCUT2D eigenvalue weighted by atomic mass is 9.93. The van der Waals surface area contributed by atoms with Crippen LogP contribution in [0.3, 0.4) is 0 Å². The molecule has 180 valence electrons. The van der Waals surface area contributed by atoms with E-state index >= 15 is 0 Å². The van der Waals surface area contributed by atoms with Crippen molar-refractivity contribution in [2.45, 2.75) is 12.8 Å². The van der Waals surface area contributed by atoms with Crippen molar-refractivity contribution in [1.29, 1.82) is 0 Å². The molecule has 1 atom stereocenters. The van der Waals surface area contributed by atoms with Crippen LogP contribution in [0.1, 0.15) is 12.8 Å². The molecule has 3 aromatic carbocycles. The van der Waals surface area contributed by atoms with Gasteiger partial charge in [-0.05, 0) is 60.9 Å². The van der Waals surface area contributed by atoms with Gasteiger partial charge >= 0.3 is 0 Å². The second kappa shape index (κ2) is 10.5. The Balaban J connectivity index is 0.00000289. The number of anilines is 2. The van der Waals surface area contributed by atoms with E-state index in [1.165, 1.54) is 12.1 Å². The minimum atomic E-state index is -0.356. The number of benzene rings is 3. The van der Waals surface area contributed by atoms with Gasteiger partial charge in [0.2, 0.25) is 5.91 Å². The Kier molecular flexibility index (Phi) is 7.43. The van der Waals surface area contributed by atoms with E-state index in [1.807, 2.05) is 47.4 Å². The number of aromatic amines is 1. The van der Waals surface area contributed by atoms with Crippen molar-refractivity contribution in [2.75, 3.05) is 23.3 Å². The van der Waals surface area contributed by atoms with Gasteiger partial charge in [0.25, 0.3) is 5.56 Å². The lowest BCUT2D eigenvalue weighted by Gasteiger charge is -2.34. The SMILES string of the molecule is O=C(Nc1ccc(F)cc1)C1CCCN(c2c(-c3ccccc3)c3cc(Cl)ccc3[nH]c2=O)C1.[Cl-]. The van der Waals surface area contributed by atoms with Gasteiger partial charge in [-0.2, -0.15) is 0 Å². The van der Waals surface area contributed by atoms with Crippen molar-refractivity contribution in [2.24, 2.45) is 5.92 Å². The number of pyridine rings is 1.